The van der Waals surface area contributed by atoms with E-state index < -0.39 is 0 Å². The maximum absolute atomic E-state index is 5.67. The van der Waals surface area contributed by atoms with E-state index >= 15 is 0 Å². The molecule has 0 radical (unpaired) electrons. The van der Waals surface area contributed by atoms with Gasteiger partial charge in [0.15, 0.2) is 0 Å². The monoisotopic (exact) mass is 224 g/mol. The summed E-state index contributed by atoms with van der Waals surface area (Å²) in [7, 11) is 4.09. The molecule has 5 nitrogen and oxygen atoms in total. The molecule has 5 heteroatoms. The van der Waals surface area contributed by atoms with Crippen LogP contribution in [0.3, 0.4) is 0 Å². The summed E-state index contributed by atoms with van der Waals surface area (Å²) in [6.07, 6.45) is 2.15. The predicted octanol–water partition coefficient (Wildman–Crippen LogP) is -0.160. The van der Waals surface area contributed by atoms with E-state index in [2.05, 4.69) is 28.4 Å². The van der Waals surface area contributed by atoms with E-state index in [-0.39, 0.29) is 0 Å². The average Bonchev–Trinajstić information content (AvgIpc) is 2.66. The van der Waals surface area contributed by atoms with Crippen molar-refractivity contribution in [3.8, 4) is 0 Å². The molecule has 16 heavy (non-hydrogen) atoms. The summed E-state index contributed by atoms with van der Waals surface area (Å²) >= 11 is 0. The minimum atomic E-state index is 0.312. The highest BCUT2D eigenvalue weighted by Gasteiger charge is 2.15. The zero-order valence-electron chi connectivity index (χ0n) is 10.0. The molecular weight excluding hydrogens is 204 g/mol. The second-order valence-corrected chi connectivity index (χ2v) is 4.34. The van der Waals surface area contributed by atoms with E-state index in [0.717, 1.165) is 32.8 Å². The summed E-state index contributed by atoms with van der Waals surface area (Å²) in [4.78, 5) is 2.27. The summed E-state index contributed by atoms with van der Waals surface area (Å²) in [5.41, 5.74) is 1.23. The molecule has 2 heterocycles. The molecule has 1 aliphatic rings. The molecule has 0 amide bonds. The normalized spacial score (nSPS) is 21.6. The molecule has 1 saturated heterocycles. The van der Waals surface area contributed by atoms with Gasteiger partial charge in [-0.25, -0.2) is 0 Å². The number of rotatable bonds is 4. The lowest BCUT2D eigenvalue weighted by atomic mass is 10.3. The zero-order valence-corrected chi connectivity index (χ0v) is 10.0. The largest absolute Gasteiger partial charge is 0.374 e. The van der Waals surface area contributed by atoms with Gasteiger partial charge in [-0.1, -0.05) is 0 Å². The number of likely N-dealkylation sites (N-methyl/N-ethyl adjacent to an activating group) is 1. The molecule has 0 saturated carbocycles. The third-order valence-electron chi connectivity index (χ3n) is 2.87. The third kappa shape index (κ3) is 3.04. The molecule has 1 aliphatic heterocycles. The summed E-state index contributed by atoms with van der Waals surface area (Å²) in [6, 6.07) is 2.05. The SMILES string of the molecule is CN(Cc1ccnn1C)CC1CNCCO1. The maximum Gasteiger partial charge on any atom is 0.0826 e. The molecule has 1 N–H and O–H groups in total. The van der Waals surface area contributed by atoms with Gasteiger partial charge in [0.1, 0.15) is 0 Å². The number of morpholine rings is 1. The summed E-state index contributed by atoms with van der Waals surface area (Å²) in [5, 5.41) is 7.50. The van der Waals surface area contributed by atoms with Gasteiger partial charge in [-0.15, -0.1) is 0 Å². The molecule has 0 aromatic carbocycles. The van der Waals surface area contributed by atoms with Crippen molar-refractivity contribution in [2.75, 3.05) is 33.3 Å². The van der Waals surface area contributed by atoms with Crippen LogP contribution in [-0.2, 0) is 18.3 Å². The number of hydrogen-bond acceptors (Lipinski definition) is 4. The lowest BCUT2D eigenvalue weighted by Gasteiger charge is -2.27. The average molecular weight is 224 g/mol. The van der Waals surface area contributed by atoms with Crippen LogP contribution >= 0.6 is 0 Å². The van der Waals surface area contributed by atoms with Crippen molar-refractivity contribution in [1.82, 2.24) is 20.0 Å². The second-order valence-electron chi connectivity index (χ2n) is 4.34. The molecule has 0 spiro atoms. The molecule has 2 rings (SSSR count). The smallest absolute Gasteiger partial charge is 0.0826 e. The highest BCUT2D eigenvalue weighted by Crippen LogP contribution is 2.04. The van der Waals surface area contributed by atoms with Crippen LogP contribution in [-0.4, -0.2) is 54.1 Å². The van der Waals surface area contributed by atoms with Crippen LogP contribution < -0.4 is 5.32 Å². The Morgan fingerprint density at radius 2 is 2.56 bits per heavy atom. The fraction of sp³-hybridized carbons (Fsp3) is 0.727. The van der Waals surface area contributed by atoms with E-state index in [4.69, 9.17) is 4.74 Å². The van der Waals surface area contributed by atoms with Crippen molar-refractivity contribution < 1.29 is 4.74 Å². The van der Waals surface area contributed by atoms with Crippen molar-refractivity contribution in [3.05, 3.63) is 18.0 Å². The van der Waals surface area contributed by atoms with Crippen LogP contribution in [0.4, 0.5) is 0 Å². The van der Waals surface area contributed by atoms with E-state index in [9.17, 15) is 0 Å². The standard InChI is InChI=1S/C11H20N4O/c1-14(8-10-3-4-13-15(10)2)9-11-7-12-5-6-16-11/h3-4,11-12H,5-9H2,1-2H3. The third-order valence-corrected chi connectivity index (χ3v) is 2.87. The lowest BCUT2D eigenvalue weighted by Crippen LogP contribution is -2.44. The number of hydrogen-bond donors (Lipinski definition) is 1. The van der Waals surface area contributed by atoms with Gasteiger partial charge < -0.3 is 10.1 Å². The van der Waals surface area contributed by atoms with Crippen molar-refractivity contribution in [3.63, 3.8) is 0 Å². The fourth-order valence-electron chi connectivity index (χ4n) is 1.98. The van der Waals surface area contributed by atoms with Crippen LogP contribution in [0.2, 0.25) is 0 Å². The maximum atomic E-state index is 5.67. The Morgan fingerprint density at radius 3 is 3.19 bits per heavy atom. The van der Waals surface area contributed by atoms with Crippen molar-refractivity contribution in [2.45, 2.75) is 12.6 Å². The highest BCUT2D eigenvalue weighted by atomic mass is 16.5. The van der Waals surface area contributed by atoms with Gasteiger partial charge in [0.05, 0.1) is 18.4 Å². The van der Waals surface area contributed by atoms with Crippen LogP contribution in [0.25, 0.3) is 0 Å². The van der Waals surface area contributed by atoms with Crippen LogP contribution in [0.5, 0.6) is 0 Å². The molecule has 90 valence electrons. The van der Waals surface area contributed by atoms with Gasteiger partial charge in [-0.3, -0.25) is 9.58 Å². The number of aromatic nitrogens is 2. The van der Waals surface area contributed by atoms with Crippen LogP contribution in [0.15, 0.2) is 12.3 Å². The Balaban J connectivity index is 1.79. The second kappa shape index (κ2) is 5.43. The first-order chi connectivity index (χ1) is 7.75. The zero-order chi connectivity index (χ0) is 11.4. The molecule has 0 aliphatic carbocycles. The van der Waals surface area contributed by atoms with Gasteiger partial charge in [0, 0.05) is 39.4 Å². The molecular formula is C11H20N4O. The fourth-order valence-corrected chi connectivity index (χ4v) is 1.98. The van der Waals surface area contributed by atoms with Gasteiger partial charge >= 0.3 is 0 Å². The Hall–Kier alpha value is -0.910. The Bertz CT molecular complexity index is 320. The van der Waals surface area contributed by atoms with Crippen molar-refractivity contribution in [2.24, 2.45) is 7.05 Å². The van der Waals surface area contributed by atoms with E-state index in [1.54, 1.807) is 0 Å². The molecule has 1 unspecified atom stereocenters. The van der Waals surface area contributed by atoms with Gasteiger partial charge in [0.25, 0.3) is 0 Å². The first kappa shape index (κ1) is 11.6. The molecule has 1 aromatic heterocycles. The van der Waals surface area contributed by atoms with Gasteiger partial charge in [-0.05, 0) is 13.1 Å². The number of ether oxygens (including phenoxy) is 1. The Morgan fingerprint density at radius 1 is 1.69 bits per heavy atom. The minimum absolute atomic E-state index is 0.312. The van der Waals surface area contributed by atoms with Gasteiger partial charge in [-0.2, -0.15) is 5.10 Å². The van der Waals surface area contributed by atoms with Crippen LogP contribution in [0, 0.1) is 0 Å². The number of aryl methyl sites for hydroxylation is 1. The summed E-state index contributed by atoms with van der Waals surface area (Å²) in [5.74, 6) is 0. The van der Waals surface area contributed by atoms with E-state index in [0.29, 0.717) is 6.10 Å². The number of nitrogens with one attached hydrogen (secondary N) is 1. The molecule has 0 bridgehead atoms. The van der Waals surface area contributed by atoms with Gasteiger partial charge in [0.2, 0.25) is 0 Å². The molecule has 1 atom stereocenters. The van der Waals surface area contributed by atoms with E-state index in [1.165, 1.54) is 5.69 Å². The quantitative estimate of drug-likeness (QED) is 0.772. The Kier molecular flexibility index (Phi) is 3.93. The minimum Gasteiger partial charge on any atom is -0.374 e. The number of nitrogens with zero attached hydrogens (tertiary/aromatic N) is 3. The highest BCUT2D eigenvalue weighted by molar-refractivity contribution is 4.99. The predicted molar refractivity (Wildman–Crippen MR) is 62.2 cm³/mol. The van der Waals surface area contributed by atoms with Crippen molar-refractivity contribution in [1.29, 1.82) is 0 Å². The van der Waals surface area contributed by atoms with E-state index in [1.807, 2.05) is 17.9 Å². The molecule has 1 fully saturated rings. The lowest BCUT2D eigenvalue weighted by molar-refractivity contribution is 0.00852. The first-order valence-corrected chi connectivity index (χ1v) is 5.73. The summed E-state index contributed by atoms with van der Waals surface area (Å²) in [6.45, 7) is 4.62. The summed E-state index contributed by atoms with van der Waals surface area (Å²) < 4.78 is 7.58. The molecule has 1 aromatic rings. The topological polar surface area (TPSA) is 42.3 Å². The van der Waals surface area contributed by atoms with Crippen LogP contribution in [0.1, 0.15) is 5.69 Å². The first-order valence-electron chi connectivity index (χ1n) is 5.73. The van der Waals surface area contributed by atoms with Crippen molar-refractivity contribution >= 4 is 0 Å². The Labute approximate surface area is 96.4 Å².